The fourth-order valence-corrected chi connectivity index (χ4v) is 3.57. The average molecular weight is 256 g/mol. The minimum atomic E-state index is -0.0350. The Morgan fingerprint density at radius 3 is 2.67 bits per heavy atom. The maximum Gasteiger partial charge on any atom is 0.227 e. The van der Waals surface area contributed by atoms with Crippen molar-refractivity contribution in [3.63, 3.8) is 0 Å². The lowest BCUT2D eigenvalue weighted by atomic mass is 9.84. The number of ether oxygens (including phenoxy) is 1. The Hall–Kier alpha value is -0.650. The highest BCUT2D eigenvalue weighted by atomic mass is 16.5. The highest BCUT2D eigenvalue weighted by Crippen LogP contribution is 2.48. The molecule has 5 nitrogen and oxygen atoms in total. The number of carbonyl (C=O) groups excluding carboxylic acids is 1. The third kappa shape index (κ3) is 2.53. The number of aliphatic hydroxyl groups excluding tert-OH is 1. The van der Waals surface area contributed by atoms with Gasteiger partial charge in [-0.15, -0.1) is 0 Å². The molecule has 3 N–H and O–H groups in total. The van der Waals surface area contributed by atoms with E-state index in [4.69, 9.17) is 15.6 Å². The Balaban J connectivity index is 1.99. The molecular weight excluding hydrogens is 232 g/mol. The second-order valence-electron chi connectivity index (χ2n) is 5.48. The molecule has 2 saturated carbocycles. The molecule has 2 fully saturated rings. The molecule has 0 heterocycles. The maximum absolute atomic E-state index is 12.5. The van der Waals surface area contributed by atoms with E-state index in [9.17, 15) is 4.79 Å². The van der Waals surface area contributed by atoms with Crippen molar-refractivity contribution in [2.24, 2.45) is 23.5 Å². The summed E-state index contributed by atoms with van der Waals surface area (Å²) < 4.78 is 5.01. The van der Waals surface area contributed by atoms with Crippen molar-refractivity contribution in [1.82, 2.24) is 4.90 Å². The minimum Gasteiger partial charge on any atom is -0.395 e. The molecule has 5 heteroatoms. The lowest BCUT2D eigenvalue weighted by Gasteiger charge is -2.32. The van der Waals surface area contributed by atoms with Gasteiger partial charge in [0.1, 0.15) is 0 Å². The zero-order chi connectivity index (χ0) is 13.1. The third-order valence-corrected chi connectivity index (χ3v) is 4.51. The summed E-state index contributed by atoms with van der Waals surface area (Å²) in [4.78, 5) is 14.2. The molecule has 2 aliphatic carbocycles. The quantitative estimate of drug-likeness (QED) is 0.691. The summed E-state index contributed by atoms with van der Waals surface area (Å²) in [5, 5.41) is 9.06. The number of carbonyl (C=O) groups is 1. The highest BCUT2D eigenvalue weighted by Gasteiger charge is 2.49. The molecule has 0 aliphatic heterocycles. The van der Waals surface area contributed by atoms with Crippen molar-refractivity contribution in [3.05, 3.63) is 0 Å². The summed E-state index contributed by atoms with van der Waals surface area (Å²) in [5.41, 5.74) is 6.19. The first-order valence-electron chi connectivity index (χ1n) is 6.83. The van der Waals surface area contributed by atoms with Crippen LogP contribution in [0.2, 0.25) is 0 Å². The average Bonchev–Trinajstić information content (AvgIpc) is 2.94. The molecule has 0 aromatic carbocycles. The van der Waals surface area contributed by atoms with Crippen molar-refractivity contribution in [2.75, 3.05) is 33.4 Å². The smallest absolute Gasteiger partial charge is 0.227 e. The van der Waals surface area contributed by atoms with Crippen LogP contribution in [0.15, 0.2) is 0 Å². The normalized spacial score (nSPS) is 33.9. The number of nitrogens with two attached hydrogens (primary N) is 1. The van der Waals surface area contributed by atoms with Gasteiger partial charge in [0.25, 0.3) is 0 Å². The summed E-state index contributed by atoms with van der Waals surface area (Å²) in [6.45, 7) is 1.41. The van der Waals surface area contributed by atoms with Gasteiger partial charge in [-0.2, -0.15) is 0 Å². The predicted molar refractivity (Wildman–Crippen MR) is 67.8 cm³/mol. The van der Waals surface area contributed by atoms with Crippen LogP contribution in [-0.4, -0.2) is 55.4 Å². The SMILES string of the molecule is COCCN(CCO)C(=O)C1C2CCC(C2)C1N. The highest BCUT2D eigenvalue weighted by molar-refractivity contribution is 5.80. The van der Waals surface area contributed by atoms with Crippen molar-refractivity contribution in [3.8, 4) is 0 Å². The Morgan fingerprint density at radius 2 is 2.11 bits per heavy atom. The summed E-state index contributed by atoms with van der Waals surface area (Å²) in [7, 11) is 1.62. The molecule has 2 bridgehead atoms. The van der Waals surface area contributed by atoms with Gasteiger partial charge in [-0.05, 0) is 31.1 Å². The molecule has 0 spiro atoms. The standard InChI is InChI=1S/C13H24N2O3/c1-18-7-5-15(4-6-16)13(17)11-9-2-3-10(8-9)12(11)14/h9-12,16H,2-8,14H2,1H3. The predicted octanol–water partition coefficient (Wildman–Crippen LogP) is -0.173. The molecule has 2 aliphatic rings. The van der Waals surface area contributed by atoms with Crippen molar-refractivity contribution >= 4 is 5.91 Å². The first-order chi connectivity index (χ1) is 8.69. The van der Waals surface area contributed by atoms with Gasteiger partial charge in [-0.1, -0.05) is 0 Å². The van der Waals surface area contributed by atoms with Gasteiger partial charge in [-0.25, -0.2) is 0 Å². The first kappa shape index (κ1) is 13.8. The van der Waals surface area contributed by atoms with E-state index in [1.807, 2.05) is 0 Å². The molecule has 18 heavy (non-hydrogen) atoms. The molecule has 0 aromatic rings. The molecule has 0 saturated heterocycles. The Bertz CT molecular complexity index is 296. The van der Waals surface area contributed by atoms with Gasteiger partial charge in [0, 0.05) is 26.2 Å². The van der Waals surface area contributed by atoms with Crippen LogP contribution in [0.3, 0.4) is 0 Å². The van der Waals surface area contributed by atoms with Crippen molar-refractivity contribution in [2.45, 2.75) is 25.3 Å². The minimum absolute atomic E-state index is 0.00842. The van der Waals surface area contributed by atoms with Crippen LogP contribution in [-0.2, 0) is 9.53 Å². The fourth-order valence-electron chi connectivity index (χ4n) is 3.57. The molecule has 0 aromatic heterocycles. The molecular formula is C13H24N2O3. The van der Waals surface area contributed by atoms with E-state index in [0.29, 0.717) is 31.5 Å². The second kappa shape index (κ2) is 5.99. The number of hydrogen-bond donors (Lipinski definition) is 2. The zero-order valence-corrected chi connectivity index (χ0v) is 11.0. The van der Waals surface area contributed by atoms with Gasteiger partial charge in [0.15, 0.2) is 0 Å². The monoisotopic (exact) mass is 256 g/mol. The van der Waals surface area contributed by atoms with Crippen LogP contribution >= 0.6 is 0 Å². The Kier molecular flexibility index (Phi) is 4.59. The lowest BCUT2D eigenvalue weighted by molar-refractivity contribution is -0.139. The Labute approximate surface area is 108 Å². The number of rotatable bonds is 6. The van der Waals surface area contributed by atoms with Gasteiger partial charge >= 0.3 is 0 Å². The van der Waals surface area contributed by atoms with E-state index < -0.39 is 0 Å². The van der Waals surface area contributed by atoms with Gasteiger partial charge in [0.2, 0.25) is 5.91 Å². The molecule has 104 valence electrons. The van der Waals surface area contributed by atoms with Crippen LogP contribution in [0, 0.1) is 17.8 Å². The second-order valence-corrected chi connectivity index (χ2v) is 5.48. The van der Waals surface area contributed by atoms with E-state index in [1.54, 1.807) is 12.0 Å². The maximum atomic E-state index is 12.5. The molecule has 0 radical (unpaired) electrons. The van der Waals surface area contributed by atoms with Crippen LogP contribution in [0.4, 0.5) is 0 Å². The van der Waals surface area contributed by atoms with Gasteiger partial charge in [0.05, 0.1) is 19.1 Å². The number of nitrogens with zero attached hydrogens (tertiary/aromatic N) is 1. The van der Waals surface area contributed by atoms with Crippen LogP contribution in [0.25, 0.3) is 0 Å². The van der Waals surface area contributed by atoms with E-state index in [2.05, 4.69) is 0 Å². The van der Waals surface area contributed by atoms with E-state index >= 15 is 0 Å². The van der Waals surface area contributed by atoms with Crippen molar-refractivity contribution < 1.29 is 14.6 Å². The van der Waals surface area contributed by atoms with Crippen LogP contribution < -0.4 is 5.73 Å². The van der Waals surface area contributed by atoms with E-state index in [1.165, 1.54) is 6.42 Å². The molecule has 1 amide bonds. The first-order valence-corrected chi connectivity index (χ1v) is 6.83. The summed E-state index contributed by atoms with van der Waals surface area (Å²) >= 11 is 0. The topological polar surface area (TPSA) is 75.8 Å². The number of aliphatic hydroxyl groups is 1. The Morgan fingerprint density at radius 1 is 1.39 bits per heavy atom. The van der Waals surface area contributed by atoms with Gasteiger partial charge < -0.3 is 20.5 Å². The number of amides is 1. The summed E-state index contributed by atoms with van der Waals surface area (Å²) in [6.07, 6.45) is 3.41. The summed E-state index contributed by atoms with van der Waals surface area (Å²) in [5.74, 6) is 1.07. The zero-order valence-electron chi connectivity index (χ0n) is 11.0. The molecule has 4 atom stereocenters. The van der Waals surface area contributed by atoms with E-state index in [0.717, 1.165) is 12.8 Å². The number of hydrogen-bond acceptors (Lipinski definition) is 4. The number of methoxy groups -OCH3 is 1. The summed E-state index contributed by atoms with van der Waals surface area (Å²) in [6, 6.07) is 0.0139. The lowest BCUT2D eigenvalue weighted by Crippen LogP contribution is -2.48. The van der Waals surface area contributed by atoms with Crippen LogP contribution in [0.1, 0.15) is 19.3 Å². The largest absolute Gasteiger partial charge is 0.395 e. The van der Waals surface area contributed by atoms with Crippen molar-refractivity contribution in [1.29, 1.82) is 0 Å². The molecule has 2 rings (SSSR count). The third-order valence-electron chi connectivity index (χ3n) is 4.51. The van der Waals surface area contributed by atoms with E-state index in [-0.39, 0.29) is 24.5 Å². The fraction of sp³-hybridized carbons (Fsp3) is 0.923. The number of fused-ring (bicyclic) bond motifs is 2. The van der Waals surface area contributed by atoms with Gasteiger partial charge in [-0.3, -0.25) is 4.79 Å². The molecule has 4 unspecified atom stereocenters. The van der Waals surface area contributed by atoms with Crippen LogP contribution in [0.5, 0.6) is 0 Å².